The number of carbonyl (C=O) groups is 1. The molecule has 0 saturated carbocycles. The second-order valence-electron chi connectivity index (χ2n) is 2.96. The lowest BCUT2D eigenvalue weighted by Crippen LogP contribution is -2.66. The summed E-state index contributed by atoms with van der Waals surface area (Å²) in [7, 11) is 0. The Labute approximate surface area is 67.3 Å². The van der Waals surface area contributed by atoms with Crippen molar-refractivity contribution in [2.45, 2.75) is 18.6 Å². The Morgan fingerprint density at radius 2 is 2.08 bits per heavy atom. The summed E-state index contributed by atoms with van der Waals surface area (Å²) < 4.78 is 36.7. The quantitative estimate of drug-likeness (QED) is 0.554. The van der Waals surface area contributed by atoms with Crippen LogP contribution in [0.15, 0.2) is 0 Å². The third kappa shape index (κ3) is 1.52. The standard InChI is InChI=1S/C6H9F3N2O/c1-5(6(7,8)9)3-10-4(12)2-11-5/h11H,2-3H2,1H3,(H,10,12). The van der Waals surface area contributed by atoms with Crippen LogP contribution >= 0.6 is 0 Å². The van der Waals surface area contributed by atoms with Gasteiger partial charge in [-0.05, 0) is 6.92 Å². The van der Waals surface area contributed by atoms with Crippen molar-refractivity contribution in [3.8, 4) is 0 Å². The van der Waals surface area contributed by atoms with Gasteiger partial charge in [0.1, 0.15) is 5.54 Å². The van der Waals surface area contributed by atoms with Crippen molar-refractivity contribution in [1.29, 1.82) is 0 Å². The summed E-state index contributed by atoms with van der Waals surface area (Å²) in [5.41, 5.74) is -1.99. The summed E-state index contributed by atoms with van der Waals surface area (Å²) in [5, 5.41) is 4.31. The molecule has 1 heterocycles. The van der Waals surface area contributed by atoms with E-state index in [1.807, 2.05) is 0 Å². The van der Waals surface area contributed by atoms with Crippen LogP contribution in [0.1, 0.15) is 6.92 Å². The first kappa shape index (κ1) is 9.31. The van der Waals surface area contributed by atoms with Gasteiger partial charge in [0.05, 0.1) is 6.54 Å². The van der Waals surface area contributed by atoms with E-state index in [1.165, 1.54) is 0 Å². The zero-order valence-corrected chi connectivity index (χ0v) is 6.46. The number of amides is 1. The Hall–Kier alpha value is -0.780. The zero-order valence-electron chi connectivity index (χ0n) is 6.46. The zero-order chi connectivity index (χ0) is 9.41. The number of hydrogen-bond donors (Lipinski definition) is 2. The van der Waals surface area contributed by atoms with Crippen LogP contribution in [0.2, 0.25) is 0 Å². The first-order valence-electron chi connectivity index (χ1n) is 3.44. The molecule has 1 amide bonds. The van der Waals surface area contributed by atoms with Crippen molar-refractivity contribution >= 4 is 5.91 Å². The fraction of sp³-hybridized carbons (Fsp3) is 0.833. The lowest BCUT2D eigenvalue weighted by atomic mass is 10.00. The van der Waals surface area contributed by atoms with Gasteiger partial charge < -0.3 is 5.32 Å². The molecule has 0 aromatic rings. The van der Waals surface area contributed by atoms with E-state index >= 15 is 0 Å². The van der Waals surface area contributed by atoms with Crippen LogP contribution < -0.4 is 10.6 Å². The molecule has 6 heteroatoms. The lowest BCUT2D eigenvalue weighted by Gasteiger charge is -2.36. The lowest BCUT2D eigenvalue weighted by molar-refractivity contribution is -0.193. The molecule has 0 spiro atoms. The van der Waals surface area contributed by atoms with E-state index in [9.17, 15) is 18.0 Å². The van der Waals surface area contributed by atoms with E-state index in [1.54, 1.807) is 0 Å². The largest absolute Gasteiger partial charge is 0.408 e. The fourth-order valence-electron chi connectivity index (χ4n) is 0.876. The number of piperazine rings is 1. The van der Waals surface area contributed by atoms with Crippen molar-refractivity contribution < 1.29 is 18.0 Å². The van der Waals surface area contributed by atoms with E-state index in [4.69, 9.17) is 0 Å². The summed E-state index contributed by atoms with van der Waals surface area (Å²) >= 11 is 0. The molecule has 1 unspecified atom stereocenters. The Morgan fingerprint density at radius 1 is 1.50 bits per heavy atom. The molecular formula is C6H9F3N2O. The normalized spacial score (nSPS) is 31.5. The van der Waals surface area contributed by atoms with Gasteiger partial charge in [0.2, 0.25) is 5.91 Å². The van der Waals surface area contributed by atoms with E-state index < -0.39 is 24.2 Å². The maximum absolute atomic E-state index is 12.2. The van der Waals surface area contributed by atoms with Gasteiger partial charge in [0.25, 0.3) is 0 Å². The van der Waals surface area contributed by atoms with Crippen LogP contribution in [-0.4, -0.2) is 30.7 Å². The molecule has 1 saturated heterocycles. The average molecular weight is 182 g/mol. The number of rotatable bonds is 0. The minimum atomic E-state index is -4.33. The third-order valence-electron chi connectivity index (χ3n) is 1.90. The Morgan fingerprint density at radius 3 is 2.42 bits per heavy atom. The van der Waals surface area contributed by atoms with Gasteiger partial charge in [0.15, 0.2) is 0 Å². The second-order valence-corrected chi connectivity index (χ2v) is 2.96. The fourth-order valence-corrected chi connectivity index (χ4v) is 0.876. The van der Waals surface area contributed by atoms with E-state index in [0.717, 1.165) is 6.92 Å². The number of hydrogen-bond acceptors (Lipinski definition) is 2. The minimum absolute atomic E-state index is 0.282. The average Bonchev–Trinajstić information content (AvgIpc) is 1.93. The molecular weight excluding hydrogens is 173 g/mol. The Balaban J connectivity index is 2.68. The summed E-state index contributed by atoms with van der Waals surface area (Å²) in [6, 6.07) is 0. The molecule has 0 aromatic heterocycles. The topological polar surface area (TPSA) is 41.1 Å². The highest BCUT2D eigenvalue weighted by atomic mass is 19.4. The van der Waals surface area contributed by atoms with Crippen molar-refractivity contribution in [2.75, 3.05) is 13.1 Å². The van der Waals surface area contributed by atoms with Gasteiger partial charge in [-0.2, -0.15) is 13.2 Å². The first-order valence-corrected chi connectivity index (χ1v) is 3.44. The van der Waals surface area contributed by atoms with Crippen LogP contribution in [0, 0.1) is 0 Å². The number of nitrogens with one attached hydrogen (secondary N) is 2. The highest BCUT2D eigenvalue weighted by Crippen LogP contribution is 2.30. The van der Waals surface area contributed by atoms with Gasteiger partial charge in [0, 0.05) is 6.54 Å². The first-order chi connectivity index (χ1) is 5.35. The van der Waals surface area contributed by atoms with Crippen molar-refractivity contribution in [3.63, 3.8) is 0 Å². The smallest absolute Gasteiger partial charge is 0.353 e. The molecule has 2 N–H and O–H groups in total. The molecule has 3 nitrogen and oxygen atoms in total. The predicted octanol–water partition coefficient (Wildman–Crippen LogP) is 0.0268. The maximum atomic E-state index is 12.2. The Bertz CT molecular complexity index is 191. The van der Waals surface area contributed by atoms with Gasteiger partial charge in [-0.3, -0.25) is 10.1 Å². The van der Waals surface area contributed by atoms with Gasteiger partial charge >= 0.3 is 6.18 Å². The van der Waals surface area contributed by atoms with Crippen molar-refractivity contribution in [3.05, 3.63) is 0 Å². The molecule has 12 heavy (non-hydrogen) atoms. The van der Waals surface area contributed by atoms with Crippen LogP contribution in [0.3, 0.4) is 0 Å². The van der Waals surface area contributed by atoms with Crippen LogP contribution in [-0.2, 0) is 4.79 Å². The van der Waals surface area contributed by atoms with Crippen LogP contribution in [0.4, 0.5) is 13.2 Å². The number of halogens is 3. The van der Waals surface area contributed by atoms with Crippen LogP contribution in [0.5, 0.6) is 0 Å². The summed E-state index contributed by atoms with van der Waals surface area (Å²) in [5.74, 6) is -0.406. The molecule has 0 aromatic carbocycles. The van der Waals surface area contributed by atoms with Crippen LogP contribution in [0.25, 0.3) is 0 Å². The highest BCUT2D eigenvalue weighted by Gasteiger charge is 2.52. The highest BCUT2D eigenvalue weighted by molar-refractivity contribution is 5.79. The summed E-state index contributed by atoms with van der Waals surface area (Å²) in [6.07, 6.45) is -4.33. The predicted molar refractivity (Wildman–Crippen MR) is 35.5 cm³/mol. The summed E-state index contributed by atoms with van der Waals surface area (Å²) in [4.78, 5) is 10.5. The molecule has 1 fully saturated rings. The second kappa shape index (κ2) is 2.62. The van der Waals surface area contributed by atoms with E-state index in [2.05, 4.69) is 10.6 Å². The molecule has 1 aliphatic rings. The Kier molecular flexibility index (Phi) is 2.03. The van der Waals surface area contributed by atoms with Crippen molar-refractivity contribution in [2.24, 2.45) is 0 Å². The van der Waals surface area contributed by atoms with E-state index in [0.29, 0.717) is 0 Å². The van der Waals surface area contributed by atoms with Crippen molar-refractivity contribution in [1.82, 2.24) is 10.6 Å². The molecule has 0 bridgehead atoms. The molecule has 1 rings (SSSR count). The molecule has 1 aliphatic heterocycles. The number of alkyl halides is 3. The third-order valence-corrected chi connectivity index (χ3v) is 1.90. The molecule has 0 radical (unpaired) electrons. The maximum Gasteiger partial charge on any atom is 0.408 e. The molecule has 70 valence electrons. The van der Waals surface area contributed by atoms with Gasteiger partial charge in [-0.1, -0.05) is 0 Å². The monoisotopic (exact) mass is 182 g/mol. The molecule has 0 aliphatic carbocycles. The van der Waals surface area contributed by atoms with Gasteiger partial charge in [-0.25, -0.2) is 0 Å². The molecule has 1 atom stereocenters. The summed E-state index contributed by atoms with van der Waals surface area (Å²) in [6.45, 7) is 0.331. The van der Waals surface area contributed by atoms with Gasteiger partial charge in [-0.15, -0.1) is 0 Å². The SMILES string of the molecule is CC1(C(F)(F)F)CNC(=O)CN1. The minimum Gasteiger partial charge on any atom is -0.353 e. The van der Waals surface area contributed by atoms with E-state index in [-0.39, 0.29) is 6.54 Å². The number of carbonyl (C=O) groups excluding carboxylic acids is 1.